The van der Waals surface area contributed by atoms with Crippen LogP contribution in [0.1, 0.15) is 23.5 Å². The Kier molecular flexibility index (Phi) is 5.16. The first-order valence-electron chi connectivity index (χ1n) is 6.85. The van der Waals surface area contributed by atoms with E-state index in [4.69, 9.17) is 4.74 Å². The lowest BCUT2D eigenvalue weighted by Crippen LogP contribution is -2.18. The lowest BCUT2D eigenvalue weighted by Gasteiger charge is -2.13. The Morgan fingerprint density at radius 2 is 1.95 bits per heavy atom. The zero-order valence-corrected chi connectivity index (χ0v) is 13.5. The molecule has 0 unspecified atom stereocenters. The summed E-state index contributed by atoms with van der Waals surface area (Å²) in [6.07, 6.45) is 0. The van der Waals surface area contributed by atoms with Gasteiger partial charge in [0.15, 0.2) is 0 Å². The van der Waals surface area contributed by atoms with E-state index in [-0.39, 0.29) is 17.7 Å². The summed E-state index contributed by atoms with van der Waals surface area (Å²) >= 11 is 1.37. The Balaban J connectivity index is 2.15. The molecule has 116 valence electrons. The minimum Gasteiger partial charge on any atom is -0.494 e. The molecule has 0 aliphatic heterocycles. The van der Waals surface area contributed by atoms with Gasteiger partial charge in [0.25, 0.3) is 5.91 Å². The first kappa shape index (κ1) is 16.0. The molecule has 5 nitrogen and oxygen atoms in total. The number of carbonyl (C=O) groups is 2. The second-order valence-electron chi connectivity index (χ2n) is 4.99. The highest BCUT2D eigenvalue weighted by Crippen LogP contribution is 2.29. The number of ether oxygens (including phenoxy) is 1. The molecule has 0 saturated carbocycles. The van der Waals surface area contributed by atoms with Crippen LogP contribution in [0.2, 0.25) is 0 Å². The normalized spacial score (nSPS) is 10.4. The van der Waals surface area contributed by atoms with Gasteiger partial charge >= 0.3 is 0 Å². The van der Waals surface area contributed by atoms with Crippen LogP contribution >= 0.6 is 11.3 Å². The fourth-order valence-corrected chi connectivity index (χ4v) is 2.37. The molecule has 2 amide bonds. The summed E-state index contributed by atoms with van der Waals surface area (Å²) in [5.41, 5.74) is 1.19. The molecule has 0 bridgehead atoms. The molecule has 1 aromatic carbocycles. The van der Waals surface area contributed by atoms with E-state index in [0.29, 0.717) is 22.0 Å². The van der Waals surface area contributed by atoms with Crippen molar-refractivity contribution in [2.24, 2.45) is 5.92 Å². The van der Waals surface area contributed by atoms with Crippen LogP contribution in [0, 0.1) is 5.92 Å². The molecule has 2 aromatic rings. The molecule has 2 rings (SSSR count). The van der Waals surface area contributed by atoms with E-state index in [1.54, 1.807) is 24.3 Å². The van der Waals surface area contributed by atoms with E-state index in [1.165, 1.54) is 18.4 Å². The Labute approximate surface area is 133 Å². The molecule has 1 aromatic heterocycles. The summed E-state index contributed by atoms with van der Waals surface area (Å²) in [5, 5.41) is 7.44. The van der Waals surface area contributed by atoms with Crippen LogP contribution in [0.3, 0.4) is 0 Å². The second kappa shape index (κ2) is 7.09. The number of rotatable bonds is 5. The highest BCUT2D eigenvalue weighted by molar-refractivity contribution is 7.12. The van der Waals surface area contributed by atoms with Crippen LogP contribution in [0.25, 0.3) is 0 Å². The Hall–Kier alpha value is -2.34. The zero-order valence-electron chi connectivity index (χ0n) is 12.7. The van der Waals surface area contributed by atoms with E-state index in [2.05, 4.69) is 10.6 Å². The van der Waals surface area contributed by atoms with Crippen LogP contribution < -0.4 is 15.4 Å². The fraction of sp³-hybridized carbons (Fsp3) is 0.250. The summed E-state index contributed by atoms with van der Waals surface area (Å²) in [5.74, 6) is 0.125. The SMILES string of the molecule is COc1cc(NC(=O)C(C)C)ccc1NC(=O)c1cccs1. The monoisotopic (exact) mass is 318 g/mol. The number of hydrogen-bond donors (Lipinski definition) is 2. The highest BCUT2D eigenvalue weighted by Gasteiger charge is 2.13. The molecule has 0 aliphatic rings. The Bertz CT molecular complexity index is 666. The number of carbonyl (C=O) groups excluding carboxylic acids is 2. The summed E-state index contributed by atoms with van der Waals surface area (Å²) in [6, 6.07) is 8.70. The predicted molar refractivity (Wildman–Crippen MR) is 88.7 cm³/mol. The molecule has 0 atom stereocenters. The van der Waals surface area contributed by atoms with Gasteiger partial charge in [-0.1, -0.05) is 19.9 Å². The largest absolute Gasteiger partial charge is 0.494 e. The van der Waals surface area contributed by atoms with Crippen molar-refractivity contribution in [1.82, 2.24) is 0 Å². The average molecular weight is 318 g/mol. The molecule has 0 radical (unpaired) electrons. The predicted octanol–water partition coefficient (Wildman–Crippen LogP) is 3.60. The standard InChI is InChI=1S/C16H18N2O3S/c1-10(2)15(19)17-11-6-7-12(13(9-11)21-3)18-16(20)14-5-4-8-22-14/h4-10H,1-3H3,(H,17,19)(H,18,20). The van der Waals surface area contributed by atoms with Gasteiger partial charge in [-0.05, 0) is 23.6 Å². The molecule has 0 aliphatic carbocycles. The summed E-state index contributed by atoms with van der Waals surface area (Å²) in [7, 11) is 1.52. The zero-order chi connectivity index (χ0) is 16.1. The molecule has 0 saturated heterocycles. The smallest absolute Gasteiger partial charge is 0.265 e. The van der Waals surface area contributed by atoms with E-state index in [9.17, 15) is 9.59 Å². The third-order valence-electron chi connectivity index (χ3n) is 2.99. The molecular weight excluding hydrogens is 300 g/mol. The molecule has 0 spiro atoms. The first-order valence-corrected chi connectivity index (χ1v) is 7.73. The maximum atomic E-state index is 12.1. The van der Waals surface area contributed by atoms with Crippen LogP contribution in [-0.4, -0.2) is 18.9 Å². The van der Waals surface area contributed by atoms with Crippen molar-refractivity contribution in [3.8, 4) is 5.75 Å². The second-order valence-corrected chi connectivity index (χ2v) is 5.94. The van der Waals surface area contributed by atoms with Crippen molar-refractivity contribution < 1.29 is 14.3 Å². The number of amides is 2. The van der Waals surface area contributed by atoms with Crippen LogP contribution in [0.15, 0.2) is 35.7 Å². The number of thiophene rings is 1. The van der Waals surface area contributed by atoms with E-state index in [0.717, 1.165) is 0 Å². The number of hydrogen-bond acceptors (Lipinski definition) is 4. The van der Waals surface area contributed by atoms with Crippen LogP contribution in [0.4, 0.5) is 11.4 Å². The quantitative estimate of drug-likeness (QED) is 0.885. The molecule has 22 heavy (non-hydrogen) atoms. The topological polar surface area (TPSA) is 67.4 Å². The lowest BCUT2D eigenvalue weighted by atomic mass is 10.2. The fourth-order valence-electron chi connectivity index (χ4n) is 1.75. The summed E-state index contributed by atoms with van der Waals surface area (Å²) in [6.45, 7) is 3.64. The van der Waals surface area contributed by atoms with Crippen LogP contribution in [-0.2, 0) is 4.79 Å². The molecule has 2 N–H and O–H groups in total. The van der Waals surface area contributed by atoms with Crippen LogP contribution in [0.5, 0.6) is 5.75 Å². The molecule has 1 heterocycles. The molecule has 6 heteroatoms. The van der Waals surface area contributed by atoms with Crippen molar-refractivity contribution in [3.63, 3.8) is 0 Å². The Morgan fingerprint density at radius 1 is 1.18 bits per heavy atom. The van der Waals surface area contributed by atoms with Gasteiger partial charge in [-0.15, -0.1) is 11.3 Å². The highest BCUT2D eigenvalue weighted by atomic mass is 32.1. The van der Waals surface area contributed by atoms with Gasteiger partial charge in [-0.3, -0.25) is 9.59 Å². The maximum Gasteiger partial charge on any atom is 0.265 e. The minimum absolute atomic E-state index is 0.0718. The van der Waals surface area contributed by atoms with Crippen molar-refractivity contribution in [2.45, 2.75) is 13.8 Å². The van der Waals surface area contributed by atoms with Gasteiger partial charge in [0.2, 0.25) is 5.91 Å². The van der Waals surface area contributed by atoms with Crippen molar-refractivity contribution in [3.05, 3.63) is 40.6 Å². The van der Waals surface area contributed by atoms with Gasteiger partial charge in [-0.25, -0.2) is 0 Å². The van der Waals surface area contributed by atoms with E-state index < -0.39 is 0 Å². The number of anilines is 2. The molecular formula is C16H18N2O3S. The van der Waals surface area contributed by atoms with Gasteiger partial charge in [0.1, 0.15) is 5.75 Å². The maximum absolute atomic E-state index is 12.1. The van der Waals surface area contributed by atoms with Crippen molar-refractivity contribution >= 4 is 34.5 Å². The van der Waals surface area contributed by atoms with Gasteiger partial charge in [0.05, 0.1) is 17.7 Å². The van der Waals surface area contributed by atoms with E-state index in [1.807, 2.05) is 25.3 Å². The van der Waals surface area contributed by atoms with Gasteiger partial charge in [-0.2, -0.15) is 0 Å². The third-order valence-corrected chi connectivity index (χ3v) is 3.86. The third kappa shape index (κ3) is 3.85. The number of benzene rings is 1. The first-order chi connectivity index (χ1) is 10.5. The van der Waals surface area contributed by atoms with Crippen molar-refractivity contribution in [1.29, 1.82) is 0 Å². The number of nitrogens with one attached hydrogen (secondary N) is 2. The van der Waals surface area contributed by atoms with Crippen molar-refractivity contribution in [2.75, 3.05) is 17.7 Å². The number of methoxy groups -OCH3 is 1. The minimum atomic E-state index is -0.188. The summed E-state index contributed by atoms with van der Waals surface area (Å²) < 4.78 is 5.28. The van der Waals surface area contributed by atoms with Gasteiger partial charge in [0, 0.05) is 17.7 Å². The average Bonchev–Trinajstić information content (AvgIpc) is 3.02. The Morgan fingerprint density at radius 3 is 2.55 bits per heavy atom. The lowest BCUT2D eigenvalue weighted by molar-refractivity contribution is -0.118. The van der Waals surface area contributed by atoms with Gasteiger partial charge < -0.3 is 15.4 Å². The molecule has 0 fully saturated rings. The summed E-state index contributed by atoms with van der Waals surface area (Å²) in [4.78, 5) is 24.4. The van der Waals surface area contributed by atoms with E-state index >= 15 is 0 Å².